The third-order valence-corrected chi connectivity index (χ3v) is 7.31. The monoisotopic (exact) mass is 404 g/mol. The number of nitrogens with zero attached hydrogens (tertiary/aromatic N) is 2. The standard InChI is InChI=1S/C20H21ClN2O3S/c21-18(15-5-2-1-3-6-15)19(25)22-10-8-20(9-11-22)23(17(24)14-27-20)13-16-7-4-12-26-16/h1-7,12,18H,8-11,13-14H2. The first-order valence-corrected chi connectivity index (χ1v) is 10.5. The van der Waals surface area contributed by atoms with Crippen molar-refractivity contribution in [1.29, 1.82) is 0 Å². The number of hydrogen-bond acceptors (Lipinski definition) is 4. The van der Waals surface area contributed by atoms with Crippen molar-refractivity contribution in [3.63, 3.8) is 0 Å². The first kappa shape index (κ1) is 18.4. The second-order valence-corrected chi connectivity index (χ2v) is 8.67. The molecule has 142 valence electrons. The van der Waals surface area contributed by atoms with Gasteiger partial charge in [-0.25, -0.2) is 0 Å². The number of carbonyl (C=O) groups excluding carboxylic acids is 2. The first-order valence-electron chi connectivity index (χ1n) is 9.04. The average molecular weight is 405 g/mol. The zero-order chi connectivity index (χ0) is 18.9. The van der Waals surface area contributed by atoms with Crippen molar-refractivity contribution in [3.8, 4) is 0 Å². The zero-order valence-corrected chi connectivity index (χ0v) is 16.4. The van der Waals surface area contributed by atoms with Crippen molar-refractivity contribution < 1.29 is 14.0 Å². The highest BCUT2D eigenvalue weighted by molar-refractivity contribution is 8.01. The Morgan fingerprint density at radius 3 is 2.59 bits per heavy atom. The van der Waals surface area contributed by atoms with Crippen LogP contribution < -0.4 is 0 Å². The SMILES string of the molecule is O=C(C(Cl)c1ccccc1)N1CCC2(CC1)SCC(=O)N2Cc1ccco1. The third kappa shape index (κ3) is 3.60. The van der Waals surface area contributed by atoms with Crippen molar-refractivity contribution in [2.75, 3.05) is 18.8 Å². The Labute approximate surface area is 167 Å². The van der Waals surface area contributed by atoms with Crippen LogP contribution in [0, 0.1) is 0 Å². The summed E-state index contributed by atoms with van der Waals surface area (Å²) in [5, 5.41) is -0.669. The van der Waals surface area contributed by atoms with Gasteiger partial charge in [-0.1, -0.05) is 30.3 Å². The van der Waals surface area contributed by atoms with Gasteiger partial charge in [0.25, 0.3) is 0 Å². The number of halogens is 1. The van der Waals surface area contributed by atoms with Crippen LogP contribution in [0.4, 0.5) is 0 Å². The zero-order valence-electron chi connectivity index (χ0n) is 14.8. The quantitative estimate of drug-likeness (QED) is 0.730. The van der Waals surface area contributed by atoms with Crippen LogP contribution in [0.5, 0.6) is 0 Å². The van der Waals surface area contributed by atoms with Crippen molar-refractivity contribution in [2.24, 2.45) is 0 Å². The van der Waals surface area contributed by atoms with Crippen LogP contribution in [-0.4, -0.2) is 45.3 Å². The second kappa shape index (κ2) is 7.60. The molecule has 1 unspecified atom stereocenters. The summed E-state index contributed by atoms with van der Waals surface area (Å²) in [5.74, 6) is 1.34. The second-order valence-electron chi connectivity index (χ2n) is 6.89. The molecule has 1 aromatic carbocycles. The smallest absolute Gasteiger partial charge is 0.245 e. The highest BCUT2D eigenvalue weighted by Gasteiger charge is 2.48. The molecule has 1 spiro atoms. The van der Waals surface area contributed by atoms with Crippen molar-refractivity contribution in [1.82, 2.24) is 9.80 Å². The molecule has 0 saturated carbocycles. The van der Waals surface area contributed by atoms with Gasteiger partial charge < -0.3 is 14.2 Å². The minimum Gasteiger partial charge on any atom is -0.467 e. The Balaban J connectivity index is 1.43. The lowest BCUT2D eigenvalue weighted by Gasteiger charge is -2.44. The molecule has 1 aromatic heterocycles. The molecule has 2 aromatic rings. The van der Waals surface area contributed by atoms with E-state index in [-0.39, 0.29) is 16.7 Å². The largest absolute Gasteiger partial charge is 0.467 e. The Bertz CT molecular complexity index is 804. The lowest BCUT2D eigenvalue weighted by atomic mass is 10.0. The maximum absolute atomic E-state index is 12.8. The predicted molar refractivity (Wildman–Crippen MR) is 105 cm³/mol. The number of piperidine rings is 1. The van der Waals surface area contributed by atoms with E-state index in [2.05, 4.69) is 0 Å². The number of carbonyl (C=O) groups is 2. The number of benzene rings is 1. The van der Waals surface area contributed by atoms with Gasteiger partial charge in [-0.15, -0.1) is 23.4 Å². The normalized spacial score (nSPS) is 20.3. The maximum Gasteiger partial charge on any atom is 0.245 e. The van der Waals surface area contributed by atoms with Crippen LogP contribution in [0.15, 0.2) is 53.1 Å². The fourth-order valence-electron chi connectivity index (χ4n) is 3.79. The molecule has 4 rings (SSSR count). The Morgan fingerprint density at radius 2 is 1.93 bits per heavy atom. The van der Waals surface area contributed by atoms with Gasteiger partial charge in [-0.2, -0.15) is 0 Å². The maximum atomic E-state index is 12.8. The Morgan fingerprint density at radius 1 is 1.19 bits per heavy atom. The van der Waals surface area contributed by atoms with Gasteiger partial charge >= 0.3 is 0 Å². The van der Waals surface area contributed by atoms with Gasteiger partial charge in [0.15, 0.2) is 0 Å². The molecule has 7 heteroatoms. The summed E-state index contributed by atoms with van der Waals surface area (Å²) >= 11 is 8.10. The summed E-state index contributed by atoms with van der Waals surface area (Å²) in [6.45, 7) is 1.68. The number of hydrogen-bond donors (Lipinski definition) is 0. The first-order chi connectivity index (χ1) is 13.1. The van der Waals surface area contributed by atoms with E-state index in [1.54, 1.807) is 18.0 Å². The van der Waals surface area contributed by atoms with E-state index < -0.39 is 5.38 Å². The number of rotatable bonds is 4. The van der Waals surface area contributed by atoms with Gasteiger partial charge in [-0.3, -0.25) is 9.59 Å². The molecule has 2 amide bonds. The molecule has 1 atom stereocenters. The van der Waals surface area contributed by atoms with Crippen LogP contribution in [0.1, 0.15) is 29.5 Å². The molecular formula is C20H21ClN2O3S. The highest BCUT2D eigenvalue weighted by atomic mass is 35.5. The molecular weight excluding hydrogens is 384 g/mol. The fraction of sp³-hybridized carbons (Fsp3) is 0.400. The van der Waals surface area contributed by atoms with Crippen molar-refractivity contribution >= 4 is 35.2 Å². The van der Waals surface area contributed by atoms with E-state index in [0.717, 1.165) is 24.2 Å². The van der Waals surface area contributed by atoms with Crippen LogP contribution in [0.25, 0.3) is 0 Å². The molecule has 0 bridgehead atoms. The number of amides is 2. The van der Waals surface area contributed by atoms with Gasteiger partial charge in [0, 0.05) is 13.1 Å². The van der Waals surface area contributed by atoms with E-state index in [1.807, 2.05) is 52.3 Å². The molecule has 2 saturated heterocycles. The number of thioether (sulfide) groups is 1. The van der Waals surface area contributed by atoms with Gasteiger partial charge in [0.1, 0.15) is 11.1 Å². The van der Waals surface area contributed by atoms with Crippen LogP contribution in [0.2, 0.25) is 0 Å². The molecule has 27 heavy (non-hydrogen) atoms. The predicted octanol–water partition coefficient (Wildman–Crippen LogP) is 3.65. The number of likely N-dealkylation sites (tertiary alicyclic amines) is 1. The van der Waals surface area contributed by atoms with E-state index in [4.69, 9.17) is 16.0 Å². The summed E-state index contributed by atoms with van der Waals surface area (Å²) in [4.78, 5) is 28.7. The molecule has 5 nitrogen and oxygen atoms in total. The van der Waals surface area contributed by atoms with Crippen LogP contribution in [0.3, 0.4) is 0 Å². The number of furan rings is 1. The Kier molecular flexibility index (Phi) is 5.19. The molecule has 2 aliphatic heterocycles. The highest BCUT2D eigenvalue weighted by Crippen LogP contribution is 2.45. The number of alkyl halides is 1. The van der Waals surface area contributed by atoms with Gasteiger partial charge in [0.05, 0.1) is 23.4 Å². The van der Waals surface area contributed by atoms with Crippen LogP contribution in [-0.2, 0) is 16.1 Å². The summed E-state index contributed by atoms with van der Waals surface area (Å²) < 4.78 is 5.43. The molecule has 2 aliphatic rings. The summed E-state index contributed by atoms with van der Waals surface area (Å²) in [7, 11) is 0. The van der Waals surface area contributed by atoms with Crippen LogP contribution >= 0.6 is 23.4 Å². The van der Waals surface area contributed by atoms with Gasteiger partial charge in [0.2, 0.25) is 11.8 Å². The van der Waals surface area contributed by atoms with E-state index in [0.29, 0.717) is 25.4 Å². The molecule has 0 radical (unpaired) electrons. The molecule has 0 N–H and O–H groups in total. The van der Waals surface area contributed by atoms with Gasteiger partial charge in [-0.05, 0) is 30.5 Å². The molecule has 0 aliphatic carbocycles. The molecule has 2 fully saturated rings. The minimum absolute atomic E-state index is 0.0652. The summed E-state index contributed by atoms with van der Waals surface area (Å²) in [5.41, 5.74) is 0.814. The fourth-order valence-corrected chi connectivity index (χ4v) is 5.41. The summed E-state index contributed by atoms with van der Waals surface area (Å²) in [6.07, 6.45) is 3.11. The molecule has 3 heterocycles. The van der Waals surface area contributed by atoms with Crippen molar-refractivity contribution in [3.05, 3.63) is 60.1 Å². The lowest BCUT2D eigenvalue weighted by molar-refractivity contribution is -0.135. The topological polar surface area (TPSA) is 53.8 Å². The minimum atomic E-state index is -0.669. The average Bonchev–Trinajstić information content (AvgIpc) is 3.33. The van der Waals surface area contributed by atoms with E-state index in [9.17, 15) is 9.59 Å². The van der Waals surface area contributed by atoms with E-state index in [1.165, 1.54) is 0 Å². The van der Waals surface area contributed by atoms with E-state index >= 15 is 0 Å². The third-order valence-electron chi connectivity index (χ3n) is 5.32. The van der Waals surface area contributed by atoms with Crippen molar-refractivity contribution in [2.45, 2.75) is 29.6 Å². The summed E-state index contributed by atoms with van der Waals surface area (Å²) in [6, 6.07) is 13.1. The Hall–Kier alpha value is -1.92. The lowest BCUT2D eigenvalue weighted by Crippen LogP contribution is -2.53.